The predicted octanol–water partition coefficient (Wildman–Crippen LogP) is 2.43. The van der Waals surface area contributed by atoms with E-state index in [-0.39, 0.29) is 24.8 Å². The molecule has 1 aromatic carbocycles. The van der Waals surface area contributed by atoms with Crippen molar-refractivity contribution < 1.29 is 28.7 Å². The Hall–Kier alpha value is -2.75. The number of amides is 3. The first kappa shape index (κ1) is 29.3. The zero-order chi connectivity index (χ0) is 25.6. The molecule has 190 valence electrons. The molecule has 34 heavy (non-hydrogen) atoms. The molecule has 0 saturated carbocycles. The van der Waals surface area contributed by atoms with Crippen LogP contribution in [0.25, 0.3) is 0 Å². The molecule has 0 spiro atoms. The molecule has 3 N–H and O–H groups in total. The Labute approximate surface area is 206 Å². The van der Waals surface area contributed by atoms with E-state index in [9.17, 15) is 19.2 Å². The van der Waals surface area contributed by atoms with E-state index in [0.29, 0.717) is 25.0 Å². The second kappa shape index (κ2) is 15.2. The Morgan fingerprint density at radius 2 is 1.71 bits per heavy atom. The molecule has 1 rings (SSSR count). The summed E-state index contributed by atoms with van der Waals surface area (Å²) in [5.74, 6) is -0.481. The van der Waals surface area contributed by atoms with E-state index in [4.69, 9.17) is 9.47 Å². The van der Waals surface area contributed by atoms with Gasteiger partial charge < -0.3 is 25.4 Å². The molecule has 0 aromatic heterocycles. The van der Waals surface area contributed by atoms with Gasteiger partial charge in [-0.15, -0.1) is 0 Å². The predicted molar refractivity (Wildman–Crippen MR) is 132 cm³/mol. The topological polar surface area (TPSA) is 123 Å². The summed E-state index contributed by atoms with van der Waals surface area (Å²) in [7, 11) is 1.28. The number of thioether (sulfide) groups is 1. The number of carbonyl (C=O) groups excluding carboxylic acids is 4. The fourth-order valence-corrected chi connectivity index (χ4v) is 3.46. The SMILES string of the molecule is COC(=O)[C@H](Cc1ccccc1)NC(=O)CCCNC(=O)[C@H](CCSC)NC(=O)OC(C)(C)C. The monoisotopic (exact) mass is 495 g/mol. The van der Waals surface area contributed by atoms with Crippen molar-refractivity contribution in [3.05, 3.63) is 35.9 Å². The van der Waals surface area contributed by atoms with Crippen molar-refractivity contribution in [1.29, 1.82) is 0 Å². The third kappa shape index (κ3) is 12.5. The highest BCUT2D eigenvalue weighted by molar-refractivity contribution is 7.98. The van der Waals surface area contributed by atoms with Gasteiger partial charge in [-0.3, -0.25) is 9.59 Å². The van der Waals surface area contributed by atoms with Crippen LogP contribution in [-0.4, -0.2) is 67.2 Å². The molecule has 0 saturated heterocycles. The van der Waals surface area contributed by atoms with Gasteiger partial charge in [-0.25, -0.2) is 9.59 Å². The van der Waals surface area contributed by atoms with Gasteiger partial charge in [0.25, 0.3) is 0 Å². The molecule has 2 atom stereocenters. The first-order valence-electron chi connectivity index (χ1n) is 11.2. The first-order chi connectivity index (χ1) is 16.1. The summed E-state index contributed by atoms with van der Waals surface area (Å²) >= 11 is 1.57. The Morgan fingerprint density at radius 1 is 1.03 bits per heavy atom. The highest BCUT2D eigenvalue weighted by atomic mass is 32.2. The van der Waals surface area contributed by atoms with Crippen LogP contribution in [0.1, 0.15) is 45.6 Å². The third-order valence-corrected chi connectivity index (χ3v) is 5.25. The van der Waals surface area contributed by atoms with Crippen molar-refractivity contribution in [3.8, 4) is 0 Å². The lowest BCUT2D eigenvalue weighted by Gasteiger charge is -2.23. The minimum atomic E-state index is -0.788. The van der Waals surface area contributed by atoms with Crippen LogP contribution < -0.4 is 16.0 Å². The number of nitrogens with one attached hydrogen (secondary N) is 3. The Kier molecular flexibility index (Phi) is 13.1. The highest BCUT2D eigenvalue weighted by Crippen LogP contribution is 2.09. The zero-order valence-corrected chi connectivity index (χ0v) is 21.5. The van der Waals surface area contributed by atoms with Gasteiger partial charge in [-0.1, -0.05) is 30.3 Å². The summed E-state index contributed by atoms with van der Waals surface area (Å²) in [6, 6.07) is 7.82. The first-order valence-corrected chi connectivity index (χ1v) is 12.6. The number of alkyl carbamates (subject to hydrolysis) is 1. The van der Waals surface area contributed by atoms with Crippen molar-refractivity contribution in [2.75, 3.05) is 25.7 Å². The number of hydrogen-bond donors (Lipinski definition) is 3. The highest BCUT2D eigenvalue weighted by Gasteiger charge is 2.24. The largest absolute Gasteiger partial charge is 0.467 e. The molecule has 0 aliphatic heterocycles. The number of methoxy groups -OCH3 is 1. The molecule has 1 aromatic rings. The van der Waals surface area contributed by atoms with Crippen molar-refractivity contribution in [1.82, 2.24) is 16.0 Å². The molecular weight excluding hydrogens is 458 g/mol. The maximum Gasteiger partial charge on any atom is 0.408 e. The Morgan fingerprint density at radius 3 is 2.29 bits per heavy atom. The average Bonchev–Trinajstić information content (AvgIpc) is 2.77. The van der Waals surface area contributed by atoms with Crippen molar-refractivity contribution in [2.24, 2.45) is 0 Å². The fraction of sp³-hybridized carbons (Fsp3) is 0.583. The van der Waals surface area contributed by atoms with Crippen LogP contribution in [0.4, 0.5) is 4.79 Å². The number of carbonyl (C=O) groups is 4. The van der Waals surface area contributed by atoms with E-state index in [0.717, 1.165) is 5.56 Å². The molecule has 0 radical (unpaired) electrons. The molecule has 10 heteroatoms. The number of esters is 1. The second-order valence-corrected chi connectivity index (χ2v) is 9.69. The third-order valence-electron chi connectivity index (χ3n) is 4.60. The van der Waals surface area contributed by atoms with Gasteiger partial charge in [0.15, 0.2) is 0 Å². The fourth-order valence-electron chi connectivity index (χ4n) is 2.99. The Balaban J connectivity index is 2.50. The molecule has 0 heterocycles. The van der Waals surface area contributed by atoms with Gasteiger partial charge >= 0.3 is 12.1 Å². The maximum absolute atomic E-state index is 12.6. The maximum atomic E-state index is 12.6. The number of ether oxygens (including phenoxy) is 2. The van der Waals surface area contributed by atoms with Crippen LogP contribution in [0.15, 0.2) is 30.3 Å². The summed E-state index contributed by atoms with van der Waals surface area (Å²) in [5.41, 5.74) is 0.236. The lowest BCUT2D eigenvalue weighted by molar-refractivity contribution is -0.145. The summed E-state index contributed by atoms with van der Waals surface area (Å²) in [6.45, 7) is 5.50. The van der Waals surface area contributed by atoms with Gasteiger partial charge in [0.2, 0.25) is 11.8 Å². The summed E-state index contributed by atoms with van der Waals surface area (Å²) in [6.07, 6.45) is 2.54. The second-order valence-electron chi connectivity index (χ2n) is 8.71. The molecule has 0 aliphatic rings. The van der Waals surface area contributed by atoms with E-state index in [2.05, 4.69) is 16.0 Å². The van der Waals surface area contributed by atoms with Crippen LogP contribution in [0.3, 0.4) is 0 Å². The van der Waals surface area contributed by atoms with E-state index in [1.54, 1.807) is 32.5 Å². The van der Waals surface area contributed by atoms with Crippen molar-refractivity contribution >= 4 is 35.6 Å². The van der Waals surface area contributed by atoms with Crippen LogP contribution >= 0.6 is 11.8 Å². The molecule has 0 unspecified atom stereocenters. The molecule has 9 nitrogen and oxygen atoms in total. The quantitative estimate of drug-likeness (QED) is 0.284. The minimum absolute atomic E-state index is 0.123. The number of benzene rings is 1. The van der Waals surface area contributed by atoms with Gasteiger partial charge in [-0.2, -0.15) is 11.8 Å². The van der Waals surface area contributed by atoms with Crippen molar-refractivity contribution in [2.45, 2.75) is 64.1 Å². The smallest absolute Gasteiger partial charge is 0.408 e. The summed E-state index contributed by atoms with van der Waals surface area (Å²) < 4.78 is 10.0. The normalized spacial score (nSPS) is 12.7. The van der Waals surface area contributed by atoms with Crippen LogP contribution in [0.2, 0.25) is 0 Å². The van der Waals surface area contributed by atoms with Gasteiger partial charge in [0.05, 0.1) is 7.11 Å². The molecule has 0 bridgehead atoms. The minimum Gasteiger partial charge on any atom is -0.467 e. The van der Waals surface area contributed by atoms with Crippen LogP contribution in [0, 0.1) is 0 Å². The summed E-state index contributed by atoms with van der Waals surface area (Å²) in [5, 5.41) is 8.06. The van der Waals surface area contributed by atoms with Gasteiger partial charge in [-0.05, 0) is 51.2 Å². The molecule has 3 amide bonds. The van der Waals surface area contributed by atoms with E-state index in [1.807, 2.05) is 36.6 Å². The standard InChI is InChI=1S/C24H37N3O6S/c1-24(2,3)33-23(31)27-18(13-15-34-5)21(29)25-14-9-12-20(28)26-19(22(30)32-4)16-17-10-7-6-8-11-17/h6-8,10-11,18-19H,9,12-16H2,1-5H3,(H,25,29)(H,26,28)(H,27,31)/t18-,19-/m0/s1. The molecule has 0 aliphatic carbocycles. The van der Waals surface area contributed by atoms with Crippen LogP contribution in [-0.2, 0) is 30.3 Å². The number of rotatable bonds is 13. The van der Waals surface area contributed by atoms with Crippen molar-refractivity contribution in [3.63, 3.8) is 0 Å². The molecular formula is C24H37N3O6S. The molecule has 0 fully saturated rings. The van der Waals surface area contributed by atoms with Gasteiger partial charge in [0.1, 0.15) is 17.7 Å². The Bertz CT molecular complexity index is 798. The lowest BCUT2D eigenvalue weighted by Crippen LogP contribution is -2.48. The van der Waals surface area contributed by atoms with Crippen LogP contribution in [0.5, 0.6) is 0 Å². The van der Waals surface area contributed by atoms with E-state index >= 15 is 0 Å². The number of hydrogen-bond acceptors (Lipinski definition) is 7. The lowest BCUT2D eigenvalue weighted by atomic mass is 10.1. The van der Waals surface area contributed by atoms with Gasteiger partial charge in [0, 0.05) is 19.4 Å². The zero-order valence-electron chi connectivity index (χ0n) is 20.6. The van der Waals surface area contributed by atoms with E-state index in [1.165, 1.54) is 7.11 Å². The average molecular weight is 496 g/mol. The summed E-state index contributed by atoms with van der Waals surface area (Å²) in [4.78, 5) is 49.0. The van der Waals surface area contributed by atoms with E-state index < -0.39 is 29.7 Å².